The molecule has 3 aromatic rings. The lowest BCUT2D eigenvalue weighted by Crippen LogP contribution is -2.23. The summed E-state index contributed by atoms with van der Waals surface area (Å²) in [6.07, 6.45) is 3.79. The van der Waals surface area contributed by atoms with Crippen LogP contribution in [0.3, 0.4) is 0 Å². The maximum absolute atomic E-state index is 12.7. The van der Waals surface area contributed by atoms with Crippen molar-refractivity contribution >= 4 is 11.5 Å². The molecule has 2 heterocycles. The van der Waals surface area contributed by atoms with Crippen molar-refractivity contribution in [1.82, 2.24) is 9.30 Å². The highest BCUT2D eigenvalue weighted by Gasteiger charge is 2.29. The molecular weight excluding hydrogens is 352 g/mol. The summed E-state index contributed by atoms with van der Waals surface area (Å²) in [5.41, 5.74) is 5.63. The first-order chi connectivity index (χ1) is 13.4. The second kappa shape index (κ2) is 6.91. The van der Waals surface area contributed by atoms with Crippen molar-refractivity contribution in [2.75, 3.05) is 14.1 Å². The van der Waals surface area contributed by atoms with E-state index >= 15 is 0 Å². The van der Waals surface area contributed by atoms with Gasteiger partial charge in [-0.3, -0.25) is 9.20 Å². The Bertz CT molecular complexity index is 1140. The van der Waals surface area contributed by atoms with Gasteiger partial charge in [0, 0.05) is 12.7 Å². The fourth-order valence-electron chi connectivity index (χ4n) is 3.97. The molecule has 0 radical (unpaired) electrons. The van der Waals surface area contributed by atoms with E-state index < -0.39 is 11.5 Å². The molecule has 5 heteroatoms. The average molecular weight is 376 g/mol. The van der Waals surface area contributed by atoms with Gasteiger partial charge in [0.15, 0.2) is 0 Å². The molecule has 5 nitrogen and oxygen atoms in total. The van der Waals surface area contributed by atoms with Gasteiger partial charge in [-0.25, -0.2) is 4.79 Å². The van der Waals surface area contributed by atoms with E-state index in [0.29, 0.717) is 5.92 Å². The molecule has 2 aromatic heterocycles. The number of carboxylic acid groups (broad SMARTS) is 1. The Balaban J connectivity index is 1.95. The molecule has 0 amide bonds. The molecule has 28 heavy (non-hydrogen) atoms. The van der Waals surface area contributed by atoms with Gasteiger partial charge in [0.2, 0.25) is 0 Å². The molecule has 1 aliphatic carbocycles. The molecule has 0 saturated heterocycles. The Labute approximate surface area is 163 Å². The Hall–Kier alpha value is -2.92. The summed E-state index contributed by atoms with van der Waals surface area (Å²) in [5, 5.41) is 9.44. The SMILES string of the molecule is Cc1c(-c2cccc(CN(C)C)c2)ccn2c(=O)c(C(=O)O)cc(C3CC3)c12. The van der Waals surface area contributed by atoms with Crippen LogP contribution in [0, 0.1) is 6.92 Å². The van der Waals surface area contributed by atoms with Crippen LogP contribution in [-0.2, 0) is 6.54 Å². The Kier molecular flexibility index (Phi) is 4.55. The molecule has 0 unspecified atom stereocenters. The van der Waals surface area contributed by atoms with Crippen molar-refractivity contribution in [3.05, 3.63) is 75.2 Å². The predicted molar refractivity (Wildman–Crippen MR) is 110 cm³/mol. The highest BCUT2D eigenvalue weighted by atomic mass is 16.4. The molecule has 0 spiro atoms. The normalized spacial score (nSPS) is 14.0. The molecule has 1 aliphatic rings. The average Bonchev–Trinajstić information content (AvgIpc) is 3.47. The van der Waals surface area contributed by atoms with Gasteiger partial charge < -0.3 is 10.0 Å². The number of aromatic carboxylic acids is 1. The van der Waals surface area contributed by atoms with Crippen molar-refractivity contribution in [3.8, 4) is 11.1 Å². The van der Waals surface area contributed by atoms with Gasteiger partial charge in [0.05, 0.1) is 5.52 Å². The Morgan fingerprint density at radius 2 is 1.96 bits per heavy atom. The first-order valence-electron chi connectivity index (χ1n) is 9.53. The van der Waals surface area contributed by atoms with Gasteiger partial charge in [-0.2, -0.15) is 0 Å². The molecule has 1 aromatic carbocycles. The third kappa shape index (κ3) is 3.22. The Morgan fingerprint density at radius 1 is 1.21 bits per heavy atom. The van der Waals surface area contributed by atoms with Crippen LogP contribution in [0.15, 0.2) is 47.4 Å². The highest BCUT2D eigenvalue weighted by Crippen LogP contribution is 2.43. The van der Waals surface area contributed by atoms with Gasteiger partial charge in [0.1, 0.15) is 5.56 Å². The number of fused-ring (bicyclic) bond motifs is 1. The maximum Gasteiger partial charge on any atom is 0.341 e. The molecule has 1 fully saturated rings. The van der Waals surface area contributed by atoms with Gasteiger partial charge in [-0.05, 0) is 85.8 Å². The van der Waals surface area contributed by atoms with E-state index in [1.165, 1.54) is 9.96 Å². The standard InChI is InChI=1S/C23H24N2O3/c1-14-18(17-6-4-5-15(11-17)13-24(2)3)9-10-25-21(14)19(16-7-8-16)12-20(22(25)26)23(27)28/h4-6,9-12,16H,7-8,13H2,1-3H3,(H,27,28). The van der Waals surface area contributed by atoms with E-state index in [2.05, 4.69) is 29.2 Å². The molecule has 0 bridgehead atoms. The van der Waals surface area contributed by atoms with Crippen molar-refractivity contribution in [1.29, 1.82) is 0 Å². The number of hydrogen-bond donors (Lipinski definition) is 1. The van der Waals surface area contributed by atoms with Crippen LogP contribution in [-0.4, -0.2) is 34.5 Å². The molecule has 1 N–H and O–H groups in total. The number of rotatable bonds is 5. The molecular formula is C23H24N2O3. The summed E-state index contributed by atoms with van der Waals surface area (Å²) in [4.78, 5) is 26.4. The van der Waals surface area contributed by atoms with Gasteiger partial charge >= 0.3 is 5.97 Å². The molecule has 144 valence electrons. The second-order valence-electron chi connectivity index (χ2n) is 7.91. The van der Waals surface area contributed by atoms with E-state index in [9.17, 15) is 14.7 Å². The highest BCUT2D eigenvalue weighted by molar-refractivity contribution is 5.89. The number of nitrogens with zero attached hydrogens (tertiary/aromatic N) is 2. The van der Waals surface area contributed by atoms with Crippen LogP contribution >= 0.6 is 0 Å². The smallest absolute Gasteiger partial charge is 0.341 e. The van der Waals surface area contributed by atoms with Gasteiger partial charge in [0.25, 0.3) is 5.56 Å². The van der Waals surface area contributed by atoms with Crippen LogP contribution in [0.25, 0.3) is 16.6 Å². The summed E-state index contributed by atoms with van der Waals surface area (Å²) < 4.78 is 1.51. The van der Waals surface area contributed by atoms with E-state index in [1.807, 2.05) is 27.1 Å². The number of pyridine rings is 2. The number of carboxylic acids is 1. The number of hydrogen-bond acceptors (Lipinski definition) is 3. The lowest BCUT2D eigenvalue weighted by atomic mass is 9.95. The number of aryl methyl sites for hydroxylation is 1. The fraction of sp³-hybridized carbons (Fsp3) is 0.304. The largest absolute Gasteiger partial charge is 0.477 e. The second-order valence-corrected chi connectivity index (χ2v) is 7.91. The van der Waals surface area contributed by atoms with Crippen LogP contribution in [0.2, 0.25) is 0 Å². The zero-order valence-electron chi connectivity index (χ0n) is 16.4. The predicted octanol–water partition coefficient (Wildman–Crippen LogP) is 3.91. The van der Waals surface area contributed by atoms with Crippen molar-refractivity contribution < 1.29 is 9.90 Å². The summed E-state index contributed by atoms with van der Waals surface area (Å²) in [6.45, 7) is 2.88. The van der Waals surface area contributed by atoms with Crippen LogP contribution in [0.5, 0.6) is 0 Å². The Morgan fingerprint density at radius 3 is 2.61 bits per heavy atom. The van der Waals surface area contributed by atoms with E-state index in [1.54, 1.807) is 12.3 Å². The molecule has 1 saturated carbocycles. The van der Waals surface area contributed by atoms with Crippen molar-refractivity contribution in [2.24, 2.45) is 0 Å². The fourth-order valence-corrected chi connectivity index (χ4v) is 3.97. The minimum absolute atomic E-state index is 0.153. The third-order valence-electron chi connectivity index (χ3n) is 5.40. The number of benzene rings is 1. The minimum Gasteiger partial charge on any atom is -0.477 e. The summed E-state index contributed by atoms with van der Waals surface area (Å²) in [5.74, 6) is -0.831. The van der Waals surface area contributed by atoms with Crippen LogP contribution in [0.4, 0.5) is 0 Å². The molecule has 0 atom stereocenters. The summed E-state index contributed by atoms with van der Waals surface area (Å²) in [7, 11) is 4.09. The number of aromatic nitrogens is 1. The first-order valence-corrected chi connectivity index (χ1v) is 9.53. The lowest BCUT2D eigenvalue weighted by molar-refractivity contribution is 0.0694. The summed E-state index contributed by atoms with van der Waals surface area (Å²) >= 11 is 0. The monoisotopic (exact) mass is 376 g/mol. The zero-order valence-corrected chi connectivity index (χ0v) is 16.4. The van der Waals surface area contributed by atoms with Crippen LogP contribution in [0.1, 0.15) is 45.8 Å². The van der Waals surface area contributed by atoms with Gasteiger partial charge in [-0.15, -0.1) is 0 Å². The van der Waals surface area contributed by atoms with Gasteiger partial charge in [-0.1, -0.05) is 18.2 Å². The van der Waals surface area contributed by atoms with Crippen molar-refractivity contribution in [2.45, 2.75) is 32.2 Å². The topological polar surface area (TPSA) is 62.0 Å². The first kappa shape index (κ1) is 18.4. The van der Waals surface area contributed by atoms with Crippen LogP contribution < -0.4 is 5.56 Å². The lowest BCUT2D eigenvalue weighted by Gasteiger charge is -2.16. The van der Waals surface area contributed by atoms with Crippen molar-refractivity contribution in [3.63, 3.8) is 0 Å². The van der Waals surface area contributed by atoms with E-state index in [-0.39, 0.29) is 5.56 Å². The quantitative estimate of drug-likeness (QED) is 0.733. The van der Waals surface area contributed by atoms with E-state index in [4.69, 9.17) is 0 Å². The maximum atomic E-state index is 12.7. The number of carbonyl (C=O) groups is 1. The third-order valence-corrected chi connectivity index (χ3v) is 5.40. The molecule has 4 rings (SSSR count). The zero-order chi connectivity index (χ0) is 20.0. The van der Waals surface area contributed by atoms with E-state index in [0.717, 1.165) is 47.2 Å². The summed E-state index contributed by atoms with van der Waals surface area (Å²) in [6, 6.07) is 11.9. The minimum atomic E-state index is -1.17. The molecule has 0 aliphatic heterocycles.